The van der Waals surface area contributed by atoms with Crippen LogP contribution in [0.3, 0.4) is 0 Å². The average molecular weight is 436 g/mol. The van der Waals surface area contributed by atoms with Crippen molar-refractivity contribution in [3.63, 3.8) is 0 Å². The molecule has 168 valence electrons. The van der Waals surface area contributed by atoms with Gasteiger partial charge in [0.2, 0.25) is 0 Å². The van der Waals surface area contributed by atoms with Crippen LogP contribution < -0.4 is 6.15 Å². The number of benzene rings is 1. The summed E-state index contributed by atoms with van der Waals surface area (Å²) in [5.74, 6) is 0. The van der Waals surface area contributed by atoms with E-state index in [9.17, 15) is 0 Å². The van der Waals surface area contributed by atoms with Gasteiger partial charge in [0.05, 0.1) is 0 Å². The van der Waals surface area contributed by atoms with Crippen molar-refractivity contribution < 1.29 is 0 Å². The van der Waals surface area contributed by atoms with Crippen LogP contribution in [0.5, 0.6) is 0 Å². The van der Waals surface area contributed by atoms with Crippen LogP contribution in [0.4, 0.5) is 0 Å². The van der Waals surface area contributed by atoms with Crippen molar-refractivity contribution in [2.75, 3.05) is 0 Å². The second-order valence-electron chi connectivity index (χ2n) is 7.71. The average Bonchev–Trinajstić information content (AvgIpc) is 2.65. The smallest absolute Gasteiger partial charge is 0.358 e. The summed E-state index contributed by atoms with van der Waals surface area (Å²) in [6, 6.07) is 10.7. The van der Waals surface area contributed by atoms with E-state index in [2.05, 4.69) is 43.7 Å². The predicted molar refractivity (Wildman–Crippen MR) is 138 cm³/mol. The topological polar surface area (TPSA) is 35.0 Å². The van der Waals surface area contributed by atoms with E-state index in [1.807, 2.05) is 0 Å². The summed E-state index contributed by atoms with van der Waals surface area (Å²) in [6.07, 6.45) is 26.8. The van der Waals surface area contributed by atoms with Gasteiger partial charge in [-0.15, -0.1) is 24.5 Å². The van der Waals surface area contributed by atoms with Gasteiger partial charge in [0.25, 0.3) is 0 Å². The fourth-order valence-corrected chi connectivity index (χ4v) is 3.55. The first-order valence-electron chi connectivity index (χ1n) is 11.3. The van der Waals surface area contributed by atoms with Gasteiger partial charge in [-0.05, 0) is 0 Å². The van der Waals surface area contributed by atoms with Crippen LogP contribution in [-0.4, -0.2) is 23.1 Å². The summed E-state index contributed by atoms with van der Waals surface area (Å²) >= 11 is 0. The molecule has 0 saturated heterocycles. The molecule has 0 aliphatic carbocycles. The van der Waals surface area contributed by atoms with E-state index >= 15 is 0 Å². The Kier molecular flexibility index (Phi) is 38.1. The van der Waals surface area contributed by atoms with E-state index in [-0.39, 0.29) is 49.0 Å². The van der Waals surface area contributed by atoms with Crippen molar-refractivity contribution in [2.45, 2.75) is 116 Å². The van der Waals surface area contributed by atoms with Crippen LogP contribution in [0.1, 0.15) is 122 Å². The molecule has 0 saturated carbocycles. The molecule has 0 aliphatic heterocycles. The molecule has 1 nitrogen and oxygen atoms in total. The third kappa shape index (κ3) is 26.1. The van der Waals surface area contributed by atoms with E-state index < -0.39 is 0 Å². The number of rotatable bonds is 18. The Hall–Kier alpha value is 0.106. The summed E-state index contributed by atoms with van der Waals surface area (Å²) < 4.78 is 0. The zero-order valence-corrected chi connectivity index (χ0v) is 22.0. The van der Waals surface area contributed by atoms with Crippen molar-refractivity contribution in [3.8, 4) is 0 Å². The van der Waals surface area contributed by atoms with Gasteiger partial charge in [-0.25, -0.2) is 0 Å². The molecular formula is C26H50ClMgN. The fourth-order valence-electron chi connectivity index (χ4n) is 3.55. The Morgan fingerprint density at radius 1 is 0.586 bits per heavy atom. The summed E-state index contributed by atoms with van der Waals surface area (Å²) in [7, 11) is 0. The van der Waals surface area contributed by atoms with Crippen molar-refractivity contribution in [1.29, 1.82) is 0 Å². The monoisotopic (exact) mass is 435 g/mol. The molecule has 29 heavy (non-hydrogen) atoms. The van der Waals surface area contributed by atoms with Crippen molar-refractivity contribution in [1.82, 2.24) is 6.15 Å². The van der Waals surface area contributed by atoms with E-state index in [1.165, 1.54) is 115 Å². The third-order valence-electron chi connectivity index (χ3n) is 5.24. The quantitative estimate of drug-likeness (QED) is 0.139. The van der Waals surface area contributed by atoms with Gasteiger partial charge in [-0.2, -0.15) is 24.1 Å². The van der Waals surface area contributed by atoms with Crippen LogP contribution in [0.15, 0.2) is 30.3 Å². The molecule has 0 heterocycles. The van der Waals surface area contributed by atoms with Gasteiger partial charge >= 0.3 is 23.1 Å². The Labute approximate surface area is 206 Å². The van der Waals surface area contributed by atoms with E-state index in [4.69, 9.17) is 0 Å². The molecule has 0 aromatic heterocycles. The number of unbranched alkanes of at least 4 members (excludes halogenated alkanes) is 16. The molecule has 0 fully saturated rings. The maximum Gasteiger partial charge on any atom is 2.00 e. The minimum atomic E-state index is 0. The fraction of sp³-hybridized carbons (Fsp3) is 0.692. The molecule has 0 bridgehead atoms. The molecule has 0 aliphatic rings. The summed E-state index contributed by atoms with van der Waals surface area (Å²) in [6.45, 7) is 2.30. The molecule has 1 rings (SSSR count). The summed E-state index contributed by atoms with van der Waals surface area (Å²) in [5, 5.41) is 0. The standard InChI is InChI=1S/C25H43.CH3.ClH.Mg.H3N/c1-2-3-4-5-6-7-8-9-10-11-12-13-14-15-16-17-19-22-25-23-20-18-21-24-25;;;;/h18,20-24H,2-17,19H2,1H3;1H3;1H;;1H3/q2*-1;;+2;. The van der Waals surface area contributed by atoms with Crippen molar-refractivity contribution in [2.24, 2.45) is 0 Å². The Bertz CT molecular complexity index is 372. The van der Waals surface area contributed by atoms with Gasteiger partial charge < -0.3 is 13.6 Å². The van der Waals surface area contributed by atoms with Gasteiger partial charge in [0.1, 0.15) is 0 Å². The molecule has 1 aromatic carbocycles. The van der Waals surface area contributed by atoms with Crippen molar-refractivity contribution in [3.05, 3.63) is 49.7 Å². The number of halogens is 1. The summed E-state index contributed by atoms with van der Waals surface area (Å²) in [5.41, 5.74) is 1.38. The largest absolute Gasteiger partial charge is 2.00 e. The second-order valence-corrected chi connectivity index (χ2v) is 7.71. The number of hydrogen-bond acceptors (Lipinski definition) is 1. The molecule has 1 aromatic rings. The Morgan fingerprint density at radius 3 is 1.31 bits per heavy atom. The maximum atomic E-state index is 2.38. The van der Waals surface area contributed by atoms with E-state index in [0.29, 0.717) is 0 Å². The molecule has 0 atom stereocenters. The molecule has 0 spiro atoms. The van der Waals surface area contributed by atoms with Crippen LogP contribution in [0.2, 0.25) is 0 Å². The van der Waals surface area contributed by atoms with Crippen molar-refractivity contribution >= 4 is 35.5 Å². The first kappa shape index (κ1) is 36.5. The molecule has 0 amide bonds. The SMILES string of the molecule is CCCCCCCCCCCCCCCCCC[CH-]c1ccccc1.Cl.N.[CH3-].[Mg+2]. The normalized spacial score (nSPS) is 9.41. The molecule has 3 heteroatoms. The molecular weight excluding hydrogens is 386 g/mol. The first-order chi connectivity index (χ1) is 12.4. The van der Waals surface area contributed by atoms with Crippen LogP contribution in [-0.2, 0) is 0 Å². The number of hydrogen-bond donors (Lipinski definition) is 1. The van der Waals surface area contributed by atoms with E-state index in [0.717, 1.165) is 0 Å². The van der Waals surface area contributed by atoms with E-state index in [1.54, 1.807) is 0 Å². The minimum Gasteiger partial charge on any atom is -0.358 e. The maximum absolute atomic E-state index is 2.38. The minimum absolute atomic E-state index is 0. The Morgan fingerprint density at radius 2 is 0.931 bits per heavy atom. The van der Waals surface area contributed by atoms with Gasteiger partial charge in [-0.3, -0.25) is 0 Å². The van der Waals surface area contributed by atoms with Gasteiger partial charge in [0, 0.05) is 0 Å². The molecule has 3 N–H and O–H groups in total. The zero-order valence-electron chi connectivity index (χ0n) is 19.8. The predicted octanol–water partition coefficient (Wildman–Crippen LogP) is 9.54. The van der Waals surface area contributed by atoms with Crippen LogP contribution >= 0.6 is 12.4 Å². The van der Waals surface area contributed by atoms with Gasteiger partial charge in [0.15, 0.2) is 0 Å². The molecule has 0 unspecified atom stereocenters. The van der Waals surface area contributed by atoms with Crippen LogP contribution in [0.25, 0.3) is 0 Å². The third-order valence-corrected chi connectivity index (χ3v) is 5.24. The first-order valence-corrected chi connectivity index (χ1v) is 11.3. The summed E-state index contributed by atoms with van der Waals surface area (Å²) in [4.78, 5) is 0. The van der Waals surface area contributed by atoms with Crippen LogP contribution in [0, 0.1) is 13.8 Å². The van der Waals surface area contributed by atoms with Gasteiger partial charge in [-0.1, -0.05) is 122 Å². The Balaban J connectivity index is -0.000000781. The second kappa shape index (κ2) is 30.3. The zero-order chi connectivity index (χ0) is 17.8. The molecule has 0 radical (unpaired) electrons.